The fraction of sp³-hybridized carbons (Fsp3) is 0.429. The third kappa shape index (κ3) is 4.93. The maximum atomic E-state index is 12.5. The first-order valence-electron chi connectivity index (χ1n) is 6.97. The van der Waals surface area contributed by atoms with E-state index >= 15 is 0 Å². The number of ether oxygens (including phenoxy) is 1. The Bertz CT molecular complexity index is 658. The number of esters is 1. The van der Waals surface area contributed by atoms with Crippen molar-refractivity contribution in [3.05, 3.63) is 29.8 Å². The van der Waals surface area contributed by atoms with Crippen molar-refractivity contribution in [3.8, 4) is 0 Å². The molecule has 0 radical (unpaired) electrons. The molecule has 0 saturated heterocycles. The predicted molar refractivity (Wildman–Crippen MR) is 86.2 cm³/mol. The van der Waals surface area contributed by atoms with E-state index in [0.717, 1.165) is 9.87 Å². The van der Waals surface area contributed by atoms with Gasteiger partial charge in [-0.2, -0.15) is 0 Å². The predicted octanol–water partition coefficient (Wildman–Crippen LogP) is 0.160. The molecule has 128 valence electrons. The average molecular weight is 342 g/mol. The van der Waals surface area contributed by atoms with E-state index < -0.39 is 28.0 Å². The van der Waals surface area contributed by atoms with Gasteiger partial charge in [0.25, 0.3) is 10.0 Å². The zero-order chi connectivity index (χ0) is 17.6. The van der Waals surface area contributed by atoms with Crippen LogP contribution in [0.1, 0.15) is 18.4 Å². The maximum Gasteiger partial charge on any atom is 0.322 e. The van der Waals surface area contributed by atoms with Crippen molar-refractivity contribution in [3.63, 3.8) is 0 Å². The summed E-state index contributed by atoms with van der Waals surface area (Å²) >= 11 is 0. The summed E-state index contributed by atoms with van der Waals surface area (Å²) in [4.78, 5) is 11.3. The Morgan fingerprint density at radius 3 is 2.39 bits per heavy atom. The minimum absolute atomic E-state index is 0.0454. The van der Waals surface area contributed by atoms with Crippen LogP contribution in [0.25, 0.3) is 0 Å². The summed E-state index contributed by atoms with van der Waals surface area (Å²) in [5.41, 5.74) is 11.9. The summed E-state index contributed by atoms with van der Waals surface area (Å²) in [7, 11) is -2.69. The van der Waals surface area contributed by atoms with E-state index in [9.17, 15) is 13.2 Å². The lowest BCUT2D eigenvalue weighted by Gasteiger charge is -2.23. The molecule has 9 heteroatoms. The highest BCUT2D eigenvalue weighted by Crippen LogP contribution is 2.17. The number of sulfonamides is 1. The fourth-order valence-electron chi connectivity index (χ4n) is 1.93. The number of aryl methyl sites for hydroxylation is 1. The molecule has 1 atom stereocenters. The number of nitrogens with zero attached hydrogens (tertiary/aromatic N) is 1. The lowest BCUT2D eigenvalue weighted by Crippen LogP contribution is -2.42. The highest BCUT2D eigenvalue weighted by atomic mass is 32.2. The van der Waals surface area contributed by atoms with Gasteiger partial charge in [0.2, 0.25) is 5.96 Å². The second-order valence-electron chi connectivity index (χ2n) is 5.05. The highest BCUT2D eigenvalue weighted by Gasteiger charge is 2.26. The van der Waals surface area contributed by atoms with Gasteiger partial charge >= 0.3 is 5.97 Å². The van der Waals surface area contributed by atoms with Crippen molar-refractivity contribution < 1.29 is 17.9 Å². The monoisotopic (exact) mass is 342 g/mol. The Kier molecular flexibility index (Phi) is 6.52. The first kappa shape index (κ1) is 18.9. The number of nitrogens with two attached hydrogens (primary N) is 2. The van der Waals surface area contributed by atoms with Crippen LogP contribution in [0.2, 0.25) is 0 Å². The second kappa shape index (κ2) is 7.93. The molecule has 8 nitrogen and oxygen atoms in total. The molecular weight excluding hydrogens is 320 g/mol. The van der Waals surface area contributed by atoms with Gasteiger partial charge in [-0.15, -0.1) is 0 Å². The normalized spacial score (nSPS) is 12.5. The van der Waals surface area contributed by atoms with Gasteiger partial charge in [0.1, 0.15) is 6.04 Å². The van der Waals surface area contributed by atoms with E-state index in [-0.39, 0.29) is 24.3 Å². The van der Waals surface area contributed by atoms with E-state index in [1.807, 2.05) is 6.92 Å². The van der Waals surface area contributed by atoms with Crippen molar-refractivity contribution in [2.24, 2.45) is 11.5 Å². The number of nitrogens with one attached hydrogen (secondary N) is 1. The Labute approximate surface area is 136 Å². The lowest BCUT2D eigenvalue weighted by molar-refractivity contribution is -0.142. The van der Waals surface area contributed by atoms with E-state index in [1.54, 1.807) is 12.1 Å². The Morgan fingerprint density at radius 2 is 1.91 bits per heavy atom. The minimum Gasteiger partial charge on any atom is -0.468 e. The topological polar surface area (TPSA) is 140 Å². The number of benzene rings is 1. The van der Waals surface area contributed by atoms with Crippen molar-refractivity contribution in [1.82, 2.24) is 4.31 Å². The molecule has 5 N–H and O–H groups in total. The molecular formula is C14H22N4O4S. The molecule has 23 heavy (non-hydrogen) atoms. The molecule has 0 spiro atoms. The zero-order valence-electron chi connectivity index (χ0n) is 13.2. The van der Waals surface area contributed by atoms with Gasteiger partial charge in [-0.25, -0.2) is 12.7 Å². The van der Waals surface area contributed by atoms with E-state index in [4.69, 9.17) is 16.9 Å². The van der Waals surface area contributed by atoms with Crippen LogP contribution in [0.5, 0.6) is 0 Å². The summed E-state index contributed by atoms with van der Waals surface area (Å²) in [5, 5.41) is 7.51. The molecule has 1 rings (SSSR count). The largest absolute Gasteiger partial charge is 0.468 e. The van der Waals surface area contributed by atoms with Crippen molar-refractivity contribution in [2.45, 2.75) is 30.7 Å². The zero-order valence-corrected chi connectivity index (χ0v) is 14.0. The Balaban J connectivity index is 2.84. The van der Waals surface area contributed by atoms with Gasteiger partial charge in [0, 0.05) is 6.54 Å². The molecule has 0 unspecified atom stereocenters. The molecule has 1 aromatic rings. The van der Waals surface area contributed by atoms with Gasteiger partial charge in [-0.3, -0.25) is 10.2 Å². The summed E-state index contributed by atoms with van der Waals surface area (Å²) in [5.74, 6) is -1.15. The molecule has 0 aromatic heterocycles. The van der Waals surface area contributed by atoms with Crippen LogP contribution in [0.4, 0.5) is 0 Å². The molecule has 0 aliphatic rings. The Hall–Kier alpha value is -2.13. The Morgan fingerprint density at radius 1 is 1.35 bits per heavy atom. The SMILES string of the molecule is COC(=O)[C@@H](N)CCCN(C(=N)N)S(=O)(=O)c1ccc(C)cc1. The molecule has 0 aliphatic carbocycles. The number of hydrogen-bond acceptors (Lipinski definition) is 6. The van der Waals surface area contributed by atoms with Gasteiger partial charge in [0.05, 0.1) is 12.0 Å². The first-order valence-corrected chi connectivity index (χ1v) is 8.41. The van der Waals surface area contributed by atoms with E-state index in [0.29, 0.717) is 0 Å². The number of methoxy groups -OCH3 is 1. The van der Waals surface area contributed by atoms with Gasteiger partial charge in [-0.1, -0.05) is 17.7 Å². The van der Waals surface area contributed by atoms with Crippen LogP contribution in [-0.4, -0.2) is 44.3 Å². The number of rotatable bonds is 7. The fourth-order valence-corrected chi connectivity index (χ4v) is 3.29. The second-order valence-corrected chi connectivity index (χ2v) is 6.91. The number of carbonyl (C=O) groups excluding carboxylic acids is 1. The summed E-state index contributed by atoms with van der Waals surface area (Å²) in [6.07, 6.45) is 0.487. The van der Waals surface area contributed by atoms with Crippen LogP contribution in [0.3, 0.4) is 0 Å². The molecule has 0 heterocycles. The smallest absolute Gasteiger partial charge is 0.322 e. The summed E-state index contributed by atoms with van der Waals surface area (Å²) in [6.45, 7) is 1.80. The minimum atomic E-state index is -3.91. The molecule has 0 bridgehead atoms. The van der Waals surface area contributed by atoms with E-state index in [2.05, 4.69) is 4.74 Å². The van der Waals surface area contributed by atoms with Crippen LogP contribution in [0.15, 0.2) is 29.2 Å². The van der Waals surface area contributed by atoms with Crippen LogP contribution >= 0.6 is 0 Å². The van der Waals surface area contributed by atoms with Gasteiger partial charge in [-0.05, 0) is 31.9 Å². The molecule has 0 saturated carbocycles. The van der Waals surface area contributed by atoms with Crippen LogP contribution in [0, 0.1) is 12.3 Å². The third-order valence-electron chi connectivity index (χ3n) is 3.26. The first-order chi connectivity index (χ1) is 10.7. The van der Waals surface area contributed by atoms with Gasteiger partial charge in [0.15, 0.2) is 0 Å². The van der Waals surface area contributed by atoms with Crippen molar-refractivity contribution in [1.29, 1.82) is 5.41 Å². The lowest BCUT2D eigenvalue weighted by atomic mass is 10.2. The van der Waals surface area contributed by atoms with E-state index in [1.165, 1.54) is 19.2 Å². The van der Waals surface area contributed by atoms with Gasteiger partial charge < -0.3 is 16.2 Å². The van der Waals surface area contributed by atoms with Crippen molar-refractivity contribution >= 4 is 22.0 Å². The third-order valence-corrected chi connectivity index (χ3v) is 5.09. The summed E-state index contributed by atoms with van der Waals surface area (Å²) < 4.78 is 30.4. The number of hydrogen-bond donors (Lipinski definition) is 3. The molecule has 0 fully saturated rings. The molecule has 0 amide bonds. The molecule has 1 aromatic carbocycles. The standard InChI is InChI=1S/C14H22N4O4S/c1-10-5-7-11(8-6-10)23(20,21)18(14(16)17)9-3-4-12(15)13(19)22-2/h5-8,12H,3-4,9,15H2,1-2H3,(H3,16,17)/t12-/m0/s1. The van der Waals surface area contributed by atoms with Crippen LogP contribution in [-0.2, 0) is 19.6 Å². The number of carbonyl (C=O) groups is 1. The molecule has 0 aliphatic heterocycles. The average Bonchev–Trinajstić information content (AvgIpc) is 2.50. The number of guanidine groups is 1. The maximum absolute atomic E-state index is 12.5. The van der Waals surface area contributed by atoms with Crippen LogP contribution < -0.4 is 11.5 Å². The summed E-state index contributed by atoms with van der Waals surface area (Å²) in [6, 6.07) is 5.41. The quantitative estimate of drug-likeness (QED) is 0.366. The van der Waals surface area contributed by atoms with Crippen molar-refractivity contribution in [2.75, 3.05) is 13.7 Å². The highest BCUT2D eigenvalue weighted by molar-refractivity contribution is 7.89.